The summed E-state index contributed by atoms with van der Waals surface area (Å²) >= 11 is 0. The zero-order valence-electron chi connectivity index (χ0n) is 18.4. The van der Waals surface area contributed by atoms with Gasteiger partial charge in [-0.05, 0) is 0 Å². The third kappa shape index (κ3) is 7.77. The second-order valence-corrected chi connectivity index (χ2v) is 11.5. The number of phosphoric ester groups is 1. The van der Waals surface area contributed by atoms with E-state index in [4.69, 9.17) is 30.7 Å². The molecule has 0 spiro atoms. The Morgan fingerprint density at radius 3 is 2.43 bits per heavy atom. The first-order valence-corrected chi connectivity index (χ1v) is 14.4. The molecule has 0 aromatic carbocycles. The molecule has 37 heavy (non-hydrogen) atoms. The van der Waals surface area contributed by atoms with Crippen molar-refractivity contribution in [1.29, 1.82) is 0 Å². The number of fused-ring (bicyclic) bond motifs is 1. The predicted octanol–water partition coefficient (Wildman–Crippen LogP) is -0.915. The fraction of sp³-hybridized carbons (Fsp3) is 0.467. The minimum absolute atomic E-state index is 0.00138. The summed E-state index contributed by atoms with van der Waals surface area (Å²) in [6.07, 6.45) is -1.53. The Kier molecular flexibility index (Phi) is 9.13. The molecule has 1 aliphatic heterocycles. The SMILES string of the molecule is NCC#Cc1cn([C@H]2C[C@@H](OCN)C(COP(=O)(O)OP(=O)(O)OP(=O)(O)O)O2)c2nc(O)nc(O)c12. The molecule has 3 rings (SSSR count). The number of aromatic hydroxyl groups is 2. The number of rotatable bonds is 10. The van der Waals surface area contributed by atoms with E-state index in [-0.39, 0.29) is 36.3 Å². The van der Waals surface area contributed by atoms with Crippen LogP contribution < -0.4 is 11.5 Å². The number of ether oxygens (including phenoxy) is 2. The van der Waals surface area contributed by atoms with Gasteiger partial charge >= 0.3 is 29.5 Å². The molecule has 1 aliphatic rings. The summed E-state index contributed by atoms with van der Waals surface area (Å²) in [5.41, 5.74) is 11.1. The molecule has 206 valence electrons. The largest absolute Gasteiger partial charge is 0.493 e. The Morgan fingerprint density at radius 2 is 1.81 bits per heavy atom. The lowest BCUT2D eigenvalue weighted by molar-refractivity contribution is -0.0582. The van der Waals surface area contributed by atoms with Crippen molar-refractivity contribution in [2.45, 2.75) is 24.9 Å². The number of nitrogens with zero attached hydrogens (tertiary/aromatic N) is 3. The molecule has 0 amide bonds. The van der Waals surface area contributed by atoms with E-state index in [9.17, 15) is 33.7 Å². The van der Waals surface area contributed by atoms with Gasteiger partial charge in [0.2, 0.25) is 5.88 Å². The molecule has 0 saturated carbocycles. The van der Waals surface area contributed by atoms with E-state index in [1.165, 1.54) is 10.8 Å². The molecule has 0 aliphatic carbocycles. The van der Waals surface area contributed by atoms with Crippen LogP contribution in [-0.4, -0.2) is 76.4 Å². The average Bonchev–Trinajstić information content (AvgIpc) is 3.29. The Labute approximate surface area is 207 Å². The van der Waals surface area contributed by atoms with E-state index >= 15 is 0 Å². The molecule has 22 heteroatoms. The summed E-state index contributed by atoms with van der Waals surface area (Å²) in [6.45, 7) is -1.10. The summed E-state index contributed by atoms with van der Waals surface area (Å²) in [6, 6.07) is -0.750. The Hall–Kier alpha value is -1.97. The molecule has 0 bridgehead atoms. The van der Waals surface area contributed by atoms with Gasteiger partial charge in [0.1, 0.15) is 12.3 Å². The van der Waals surface area contributed by atoms with Crippen LogP contribution in [0.4, 0.5) is 0 Å². The van der Waals surface area contributed by atoms with E-state index in [0.717, 1.165) is 0 Å². The zero-order chi connectivity index (χ0) is 27.6. The monoisotopic (exact) mass is 589 g/mol. The van der Waals surface area contributed by atoms with Crippen molar-refractivity contribution in [3.05, 3.63) is 11.8 Å². The number of phosphoric acid groups is 3. The van der Waals surface area contributed by atoms with Gasteiger partial charge in [0.15, 0.2) is 5.65 Å². The normalized spacial score (nSPS) is 23.4. The van der Waals surface area contributed by atoms with Crippen LogP contribution in [0.15, 0.2) is 6.20 Å². The number of hydrogen-bond donors (Lipinski definition) is 8. The number of aromatic nitrogens is 3. The van der Waals surface area contributed by atoms with Crippen LogP contribution in [0.5, 0.6) is 11.9 Å². The van der Waals surface area contributed by atoms with Gasteiger partial charge in [-0.15, -0.1) is 0 Å². The lowest BCUT2D eigenvalue weighted by Crippen LogP contribution is -2.30. The first-order valence-electron chi connectivity index (χ1n) is 9.89. The number of hydrogen-bond acceptors (Lipinski definition) is 14. The Morgan fingerprint density at radius 1 is 1.11 bits per heavy atom. The molecule has 2 aromatic heterocycles. The molecule has 3 heterocycles. The molecular weight excluding hydrogens is 567 g/mol. The average molecular weight is 589 g/mol. The van der Waals surface area contributed by atoms with E-state index in [0.29, 0.717) is 0 Å². The predicted molar refractivity (Wildman–Crippen MR) is 119 cm³/mol. The van der Waals surface area contributed by atoms with E-state index in [1.807, 2.05) is 0 Å². The maximum atomic E-state index is 12.1. The van der Waals surface area contributed by atoms with Crippen LogP contribution in [-0.2, 0) is 36.3 Å². The van der Waals surface area contributed by atoms with E-state index in [2.05, 4.69) is 35.0 Å². The highest BCUT2D eigenvalue weighted by molar-refractivity contribution is 7.66. The third-order valence-electron chi connectivity index (χ3n) is 4.59. The molecule has 19 nitrogen and oxygen atoms in total. The van der Waals surface area contributed by atoms with Crippen molar-refractivity contribution < 1.29 is 66.1 Å². The van der Waals surface area contributed by atoms with Crippen molar-refractivity contribution in [1.82, 2.24) is 14.5 Å². The molecule has 2 aromatic rings. The molecule has 1 fully saturated rings. The Bertz CT molecular complexity index is 1350. The summed E-state index contributed by atoms with van der Waals surface area (Å²) in [5.74, 6) is 4.77. The van der Waals surface area contributed by atoms with Gasteiger partial charge in [-0.1, -0.05) is 11.8 Å². The number of nitrogens with two attached hydrogens (primary N) is 2. The van der Waals surface area contributed by atoms with Crippen molar-refractivity contribution in [2.24, 2.45) is 11.5 Å². The summed E-state index contributed by atoms with van der Waals surface area (Å²) in [7, 11) is -16.7. The zero-order valence-corrected chi connectivity index (χ0v) is 21.1. The minimum Gasteiger partial charge on any atom is -0.493 e. The van der Waals surface area contributed by atoms with Gasteiger partial charge in [0.05, 0.1) is 36.9 Å². The maximum absolute atomic E-state index is 12.1. The summed E-state index contributed by atoms with van der Waals surface area (Å²) < 4.78 is 58.8. The van der Waals surface area contributed by atoms with Crippen molar-refractivity contribution in [3.63, 3.8) is 0 Å². The first-order chi connectivity index (χ1) is 17.1. The lowest BCUT2D eigenvalue weighted by atomic mass is 10.2. The highest BCUT2D eigenvalue weighted by Crippen LogP contribution is 2.66. The van der Waals surface area contributed by atoms with Gasteiger partial charge in [-0.25, -0.2) is 13.7 Å². The van der Waals surface area contributed by atoms with Gasteiger partial charge in [0.25, 0.3) is 0 Å². The molecule has 5 atom stereocenters. The molecule has 10 N–H and O–H groups in total. The van der Waals surface area contributed by atoms with Crippen molar-refractivity contribution >= 4 is 34.5 Å². The molecular formula is C15H22N5O14P3. The smallest absolute Gasteiger partial charge is 0.490 e. The summed E-state index contributed by atoms with van der Waals surface area (Å²) in [4.78, 5) is 43.6. The lowest BCUT2D eigenvalue weighted by Gasteiger charge is -2.20. The maximum Gasteiger partial charge on any atom is 0.490 e. The fourth-order valence-electron chi connectivity index (χ4n) is 3.37. The fourth-order valence-corrected chi connectivity index (χ4v) is 6.40. The first kappa shape index (κ1) is 29.6. The summed E-state index contributed by atoms with van der Waals surface area (Å²) in [5, 5.41) is 20.1. The third-order valence-corrected chi connectivity index (χ3v) is 8.39. The minimum atomic E-state index is -5.71. The molecule has 1 saturated heterocycles. The van der Waals surface area contributed by atoms with Crippen LogP contribution in [0.1, 0.15) is 18.2 Å². The van der Waals surface area contributed by atoms with Gasteiger partial charge in [-0.3, -0.25) is 4.52 Å². The second kappa shape index (κ2) is 11.4. The van der Waals surface area contributed by atoms with Crippen LogP contribution in [0.2, 0.25) is 0 Å². The highest BCUT2D eigenvalue weighted by Gasteiger charge is 2.43. The Balaban J connectivity index is 1.83. The van der Waals surface area contributed by atoms with Crippen LogP contribution in [0.25, 0.3) is 11.0 Å². The quantitative estimate of drug-likeness (QED) is 0.0944. The van der Waals surface area contributed by atoms with Crippen LogP contribution in [0.3, 0.4) is 0 Å². The topological polar surface area (TPSA) is 301 Å². The van der Waals surface area contributed by atoms with Crippen LogP contribution >= 0.6 is 23.5 Å². The molecule has 3 unspecified atom stereocenters. The van der Waals surface area contributed by atoms with Crippen molar-refractivity contribution in [2.75, 3.05) is 19.9 Å². The van der Waals surface area contributed by atoms with Crippen molar-refractivity contribution in [3.8, 4) is 23.7 Å². The van der Waals surface area contributed by atoms with Gasteiger partial charge in [0, 0.05) is 12.6 Å². The second-order valence-electron chi connectivity index (χ2n) is 7.13. The van der Waals surface area contributed by atoms with Gasteiger partial charge in [-0.2, -0.15) is 18.6 Å². The highest BCUT2D eigenvalue weighted by atomic mass is 31.3. The van der Waals surface area contributed by atoms with Crippen LogP contribution in [0, 0.1) is 11.8 Å². The van der Waals surface area contributed by atoms with E-state index < -0.39 is 60.4 Å². The van der Waals surface area contributed by atoms with Gasteiger partial charge < -0.3 is 55.3 Å². The van der Waals surface area contributed by atoms with E-state index in [1.54, 1.807) is 0 Å². The molecule has 0 radical (unpaired) electrons. The standard InChI is InChI=1S/C15H22N5O14P3/c16-3-1-2-8-5-20(13-12(8)14(21)19-15(22)18-13)11-4-9(30-7-17)10(32-11)6-31-36(26,27)34-37(28,29)33-35(23,24)25/h5,9-11H,3-4,6-7,16-17H2,(H,26,27)(H,28,29)(H2,23,24,25)(H2,18,19,21,22)/t9-,10?,11-/m1/s1.